The molecule has 0 saturated carbocycles. The molecule has 0 unspecified atom stereocenters. The van der Waals surface area contributed by atoms with Gasteiger partial charge >= 0.3 is 0 Å². The van der Waals surface area contributed by atoms with Crippen molar-refractivity contribution in [2.45, 2.75) is 6.92 Å². The van der Waals surface area contributed by atoms with Crippen LogP contribution in [-0.2, 0) is 7.05 Å². The van der Waals surface area contributed by atoms with Gasteiger partial charge in [-0.1, -0.05) is 18.2 Å². The highest BCUT2D eigenvalue weighted by Crippen LogP contribution is 2.09. The summed E-state index contributed by atoms with van der Waals surface area (Å²) in [6.45, 7) is 5.71. The molecule has 1 fully saturated rings. The van der Waals surface area contributed by atoms with E-state index in [1.54, 1.807) is 4.68 Å². The van der Waals surface area contributed by atoms with Crippen LogP contribution in [0, 0.1) is 6.92 Å². The smallest absolute Gasteiger partial charge is 0.274 e. The maximum Gasteiger partial charge on any atom is 0.274 e. The van der Waals surface area contributed by atoms with Crippen molar-refractivity contribution < 1.29 is 0 Å². The van der Waals surface area contributed by atoms with E-state index >= 15 is 0 Å². The highest BCUT2D eigenvalue weighted by atomic mass is 16.1. The minimum absolute atomic E-state index is 0.00136. The number of likely N-dealkylation sites (N-methyl/N-ethyl adjacent to an activating group) is 1. The van der Waals surface area contributed by atoms with Gasteiger partial charge in [0.05, 0.1) is 17.6 Å². The van der Waals surface area contributed by atoms with E-state index in [1.807, 2.05) is 55.2 Å². The average Bonchev–Trinajstić information content (AvgIpc) is 2.78. The van der Waals surface area contributed by atoms with Gasteiger partial charge in [-0.2, -0.15) is 5.10 Å². The zero-order chi connectivity index (χ0) is 16.4. The predicted molar refractivity (Wildman–Crippen MR) is 92.4 cm³/mol. The Bertz CT molecular complexity index is 751. The monoisotopic (exact) mass is 313 g/mol. The summed E-state index contributed by atoms with van der Waals surface area (Å²) in [4.78, 5) is 14.9. The molecule has 3 rings (SSSR count). The van der Waals surface area contributed by atoms with Crippen LogP contribution in [0.1, 0.15) is 11.3 Å². The topological polar surface area (TPSA) is 45.8 Å². The second-order valence-corrected chi connectivity index (χ2v) is 5.99. The fourth-order valence-electron chi connectivity index (χ4n) is 2.84. The van der Waals surface area contributed by atoms with Crippen LogP contribution in [0.5, 0.6) is 0 Å². The molecule has 6 heteroatoms. The molecule has 0 amide bonds. The molecular formula is C17H23N5O. The first-order valence-electron chi connectivity index (χ1n) is 7.89. The van der Waals surface area contributed by atoms with Crippen LogP contribution in [0.3, 0.4) is 0 Å². The van der Waals surface area contributed by atoms with E-state index in [1.165, 1.54) is 0 Å². The van der Waals surface area contributed by atoms with Gasteiger partial charge in [0, 0.05) is 38.8 Å². The fraction of sp³-hybridized carbons (Fsp3) is 0.412. The molecule has 0 aliphatic carbocycles. The second kappa shape index (κ2) is 6.42. The number of aromatic nitrogens is 2. The van der Waals surface area contributed by atoms with Crippen molar-refractivity contribution >= 4 is 6.21 Å². The first-order chi connectivity index (χ1) is 11.1. The molecular weight excluding hydrogens is 290 g/mol. The summed E-state index contributed by atoms with van der Waals surface area (Å²) in [5.74, 6) is 0. The van der Waals surface area contributed by atoms with E-state index in [2.05, 4.69) is 22.1 Å². The van der Waals surface area contributed by atoms with Crippen molar-refractivity contribution in [3.05, 3.63) is 51.9 Å². The van der Waals surface area contributed by atoms with Crippen LogP contribution < -0.4 is 5.56 Å². The molecule has 2 aromatic rings. The number of para-hydroxylation sites is 1. The van der Waals surface area contributed by atoms with Crippen molar-refractivity contribution in [1.29, 1.82) is 0 Å². The molecule has 1 aromatic heterocycles. The van der Waals surface area contributed by atoms with Crippen molar-refractivity contribution in [2.75, 3.05) is 33.2 Å². The standard InChI is InChI=1S/C17H23N5O/c1-14-16(13-18-21-11-9-19(2)10-12-21)20(3)22(17(14)23)15-7-5-4-6-8-15/h4-8,13H,9-12H2,1-3H3/b18-13-. The van der Waals surface area contributed by atoms with Crippen molar-refractivity contribution in [1.82, 2.24) is 19.3 Å². The zero-order valence-corrected chi connectivity index (χ0v) is 13.9. The Morgan fingerprint density at radius 2 is 1.70 bits per heavy atom. The molecule has 23 heavy (non-hydrogen) atoms. The van der Waals surface area contributed by atoms with Gasteiger partial charge in [-0.3, -0.25) is 14.5 Å². The summed E-state index contributed by atoms with van der Waals surface area (Å²) in [6, 6.07) is 9.68. The molecule has 2 heterocycles. The second-order valence-electron chi connectivity index (χ2n) is 5.99. The van der Waals surface area contributed by atoms with E-state index in [0.717, 1.165) is 37.6 Å². The zero-order valence-electron chi connectivity index (χ0n) is 13.9. The number of rotatable bonds is 3. The number of benzene rings is 1. The van der Waals surface area contributed by atoms with Crippen LogP contribution in [0.15, 0.2) is 40.2 Å². The number of hydrogen-bond acceptors (Lipinski definition) is 4. The number of hydrogen-bond donors (Lipinski definition) is 0. The average molecular weight is 313 g/mol. The third-order valence-corrected chi connectivity index (χ3v) is 4.37. The lowest BCUT2D eigenvalue weighted by Gasteiger charge is -2.30. The van der Waals surface area contributed by atoms with Gasteiger partial charge in [0.1, 0.15) is 0 Å². The van der Waals surface area contributed by atoms with Crippen LogP contribution in [0.2, 0.25) is 0 Å². The molecule has 1 saturated heterocycles. The lowest BCUT2D eigenvalue weighted by atomic mass is 10.3. The Kier molecular flexibility index (Phi) is 4.34. The molecule has 0 spiro atoms. The van der Waals surface area contributed by atoms with Crippen LogP contribution >= 0.6 is 0 Å². The van der Waals surface area contributed by atoms with Gasteiger partial charge in [0.2, 0.25) is 0 Å². The molecule has 1 aliphatic rings. The first-order valence-corrected chi connectivity index (χ1v) is 7.89. The Labute approximate surface area is 136 Å². The third-order valence-electron chi connectivity index (χ3n) is 4.37. The molecule has 6 nitrogen and oxygen atoms in total. The Balaban J connectivity index is 1.91. The van der Waals surface area contributed by atoms with Crippen LogP contribution in [0.4, 0.5) is 0 Å². The Hall–Kier alpha value is -2.34. The minimum Gasteiger partial charge on any atom is -0.303 e. The van der Waals surface area contributed by atoms with E-state index in [0.29, 0.717) is 5.56 Å². The summed E-state index contributed by atoms with van der Waals surface area (Å²) in [5.41, 5.74) is 2.42. The molecule has 0 atom stereocenters. The molecule has 1 aliphatic heterocycles. The highest BCUT2D eigenvalue weighted by Gasteiger charge is 2.15. The van der Waals surface area contributed by atoms with E-state index in [9.17, 15) is 4.79 Å². The van der Waals surface area contributed by atoms with E-state index in [4.69, 9.17) is 0 Å². The van der Waals surface area contributed by atoms with Gasteiger partial charge in [0.25, 0.3) is 5.56 Å². The number of piperazine rings is 1. The third kappa shape index (κ3) is 3.07. The van der Waals surface area contributed by atoms with Gasteiger partial charge in [-0.05, 0) is 26.1 Å². The lowest BCUT2D eigenvalue weighted by Crippen LogP contribution is -2.41. The first kappa shape index (κ1) is 15.6. The minimum atomic E-state index is -0.00136. The fourth-order valence-corrected chi connectivity index (χ4v) is 2.84. The van der Waals surface area contributed by atoms with Crippen molar-refractivity contribution in [3.63, 3.8) is 0 Å². The van der Waals surface area contributed by atoms with Crippen LogP contribution in [0.25, 0.3) is 5.69 Å². The van der Waals surface area contributed by atoms with E-state index in [-0.39, 0.29) is 5.56 Å². The summed E-state index contributed by atoms with van der Waals surface area (Å²) < 4.78 is 3.55. The maximum atomic E-state index is 12.6. The maximum absolute atomic E-state index is 12.6. The summed E-state index contributed by atoms with van der Waals surface area (Å²) in [7, 11) is 4.02. The lowest BCUT2D eigenvalue weighted by molar-refractivity contribution is 0.159. The summed E-state index contributed by atoms with van der Waals surface area (Å²) in [6.07, 6.45) is 1.81. The molecule has 0 bridgehead atoms. The van der Waals surface area contributed by atoms with Gasteiger partial charge in [-0.15, -0.1) is 0 Å². The number of hydrazone groups is 1. The van der Waals surface area contributed by atoms with Crippen molar-refractivity contribution in [2.24, 2.45) is 12.1 Å². The van der Waals surface area contributed by atoms with Gasteiger partial charge < -0.3 is 4.90 Å². The highest BCUT2D eigenvalue weighted by molar-refractivity contribution is 5.79. The van der Waals surface area contributed by atoms with Gasteiger partial charge in [-0.25, -0.2) is 4.68 Å². The number of nitrogens with zero attached hydrogens (tertiary/aromatic N) is 5. The van der Waals surface area contributed by atoms with Crippen LogP contribution in [-0.4, -0.2) is 58.7 Å². The van der Waals surface area contributed by atoms with Crippen molar-refractivity contribution in [3.8, 4) is 5.69 Å². The SMILES string of the molecule is Cc1c(/C=N\N2CCN(C)CC2)n(C)n(-c2ccccc2)c1=O. The Morgan fingerprint density at radius 1 is 1.04 bits per heavy atom. The van der Waals surface area contributed by atoms with Gasteiger partial charge in [0.15, 0.2) is 0 Å². The summed E-state index contributed by atoms with van der Waals surface area (Å²) in [5, 5.41) is 6.63. The quantitative estimate of drug-likeness (QED) is 0.796. The Morgan fingerprint density at radius 3 is 2.35 bits per heavy atom. The largest absolute Gasteiger partial charge is 0.303 e. The molecule has 0 radical (unpaired) electrons. The molecule has 122 valence electrons. The normalized spacial score (nSPS) is 16.4. The predicted octanol–water partition coefficient (Wildman–Crippen LogP) is 1.07. The van der Waals surface area contributed by atoms with E-state index < -0.39 is 0 Å². The summed E-state index contributed by atoms with van der Waals surface area (Å²) >= 11 is 0. The molecule has 1 aromatic carbocycles. The molecule has 0 N–H and O–H groups in total.